The molecule has 3 N–H and O–H groups in total. The van der Waals surface area contributed by atoms with Crippen LogP contribution in [0.4, 0.5) is 10.5 Å². The third kappa shape index (κ3) is 3.96. The number of hydrogen-bond donors (Lipinski definition) is 3. The van der Waals surface area contributed by atoms with E-state index in [2.05, 4.69) is 39.8 Å². The van der Waals surface area contributed by atoms with Gasteiger partial charge in [0.05, 0.1) is 12.1 Å². The molecule has 0 spiro atoms. The van der Waals surface area contributed by atoms with Crippen molar-refractivity contribution in [3.8, 4) is 0 Å². The van der Waals surface area contributed by atoms with Gasteiger partial charge in [-0.05, 0) is 37.3 Å². The van der Waals surface area contributed by atoms with Gasteiger partial charge in [0.2, 0.25) is 0 Å². The number of carbonyl (C=O) groups excluding carboxylic acids is 1. The second-order valence-electron chi connectivity index (χ2n) is 6.92. The Kier molecular flexibility index (Phi) is 5.06. The third-order valence-electron chi connectivity index (χ3n) is 5.20. The smallest absolute Gasteiger partial charge is 0.315 e. The van der Waals surface area contributed by atoms with Gasteiger partial charge in [-0.1, -0.05) is 31.0 Å². The van der Waals surface area contributed by atoms with Gasteiger partial charge in [-0.15, -0.1) is 0 Å². The van der Waals surface area contributed by atoms with Crippen molar-refractivity contribution in [3.63, 3.8) is 0 Å². The van der Waals surface area contributed by atoms with Crippen LogP contribution < -0.4 is 15.5 Å². The van der Waals surface area contributed by atoms with Crippen LogP contribution >= 0.6 is 0 Å². The van der Waals surface area contributed by atoms with Crippen molar-refractivity contribution >= 4 is 11.7 Å². The highest BCUT2D eigenvalue weighted by Crippen LogP contribution is 2.29. The second-order valence-corrected chi connectivity index (χ2v) is 6.92. The quantitative estimate of drug-likeness (QED) is 0.779. The van der Waals surface area contributed by atoms with Crippen LogP contribution in [0.5, 0.6) is 0 Å². The molecular weight excluding hydrogens is 290 g/mol. The minimum atomic E-state index is -0.393. The van der Waals surface area contributed by atoms with Crippen LogP contribution in [-0.4, -0.2) is 42.9 Å². The van der Waals surface area contributed by atoms with Crippen molar-refractivity contribution in [2.24, 2.45) is 5.92 Å². The van der Waals surface area contributed by atoms with Crippen LogP contribution in [0.1, 0.15) is 32.1 Å². The number of amides is 2. The van der Waals surface area contributed by atoms with Crippen LogP contribution in [0.2, 0.25) is 0 Å². The zero-order chi connectivity index (χ0) is 16.1. The number of aliphatic hydroxyl groups excluding tert-OH is 1. The Bertz CT molecular complexity index is 514. The first-order valence-electron chi connectivity index (χ1n) is 8.68. The summed E-state index contributed by atoms with van der Waals surface area (Å²) in [5, 5.41) is 15.5. The summed E-state index contributed by atoms with van der Waals surface area (Å²) >= 11 is 0. The molecule has 0 unspecified atom stereocenters. The van der Waals surface area contributed by atoms with E-state index in [9.17, 15) is 9.90 Å². The van der Waals surface area contributed by atoms with Gasteiger partial charge in [0.25, 0.3) is 0 Å². The summed E-state index contributed by atoms with van der Waals surface area (Å²) in [5.74, 6) is 0.481. The Labute approximate surface area is 138 Å². The minimum absolute atomic E-state index is 0.0334. The van der Waals surface area contributed by atoms with Gasteiger partial charge in [-0.3, -0.25) is 0 Å². The molecule has 3 rings (SSSR count). The lowest BCUT2D eigenvalue weighted by atomic mass is 9.99. The number of nitrogens with zero attached hydrogens (tertiary/aromatic N) is 1. The van der Waals surface area contributed by atoms with E-state index in [4.69, 9.17) is 0 Å². The van der Waals surface area contributed by atoms with Crippen molar-refractivity contribution in [1.82, 2.24) is 10.6 Å². The van der Waals surface area contributed by atoms with E-state index < -0.39 is 5.54 Å². The van der Waals surface area contributed by atoms with Gasteiger partial charge in [0.1, 0.15) is 0 Å². The van der Waals surface area contributed by atoms with Gasteiger partial charge in [0.15, 0.2) is 0 Å². The molecule has 126 valence electrons. The fourth-order valence-electron chi connectivity index (χ4n) is 3.77. The molecule has 1 aliphatic heterocycles. The molecule has 1 aliphatic carbocycles. The Morgan fingerprint density at radius 1 is 1.26 bits per heavy atom. The number of para-hydroxylation sites is 1. The number of rotatable bonds is 5. The topological polar surface area (TPSA) is 64.6 Å². The summed E-state index contributed by atoms with van der Waals surface area (Å²) in [6.07, 6.45) is 5.01. The van der Waals surface area contributed by atoms with Crippen LogP contribution in [0.15, 0.2) is 30.3 Å². The maximum atomic E-state index is 12.1. The predicted molar refractivity (Wildman–Crippen MR) is 91.6 cm³/mol. The van der Waals surface area contributed by atoms with Crippen LogP contribution in [0, 0.1) is 5.92 Å². The molecule has 0 bridgehead atoms. The molecule has 0 aromatic heterocycles. The lowest BCUT2D eigenvalue weighted by Crippen LogP contribution is -2.53. The van der Waals surface area contributed by atoms with Crippen molar-refractivity contribution in [1.29, 1.82) is 0 Å². The van der Waals surface area contributed by atoms with Gasteiger partial charge in [0, 0.05) is 25.3 Å². The average Bonchev–Trinajstić information content (AvgIpc) is 3.24. The highest BCUT2D eigenvalue weighted by atomic mass is 16.3. The molecule has 1 saturated heterocycles. The molecule has 1 heterocycles. The normalized spacial score (nSPS) is 23.0. The van der Waals surface area contributed by atoms with E-state index in [0.717, 1.165) is 45.2 Å². The van der Waals surface area contributed by atoms with E-state index in [1.807, 2.05) is 6.07 Å². The molecular formula is C18H27N3O2. The molecule has 0 radical (unpaired) electrons. The van der Waals surface area contributed by atoms with E-state index in [1.165, 1.54) is 5.69 Å². The second kappa shape index (κ2) is 7.21. The first kappa shape index (κ1) is 16.1. The first-order chi connectivity index (χ1) is 11.2. The highest BCUT2D eigenvalue weighted by Gasteiger charge is 2.34. The van der Waals surface area contributed by atoms with Gasteiger partial charge in [-0.25, -0.2) is 4.79 Å². The summed E-state index contributed by atoms with van der Waals surface area (Å²) in [6.45, 7) is 2.75. The van der Waals surface area contributed by atoms with Gasteiger partial charge < -0.3 is 20.6 Å². The zero-order valence-corrected chi connectivity index (χ0v) is 13.6. The monoisotopic (exact) mass is 317 g/mol. The number of nitrogens with one attached hydrogen (secondary N) is 2. The maximum absolute atomic E-state index is 12.1. The zero-order valence-electron chi connectivity index (χ0n) is 13.6. The Morgan fingerprint density at radius 3 is 2.70 bits per heavy atom. The van der Waals surface area contributed by atoms with Crippen LogP contribution in [-0.2, 0) is 0 Å². The molecule has 5 nitrogen and oxygen atoms in total. The van der Waals surface area contributed by atoms with E-state index in [1.54, 1.807) is 0 Å². The summed E-state index contributed by atoms with van der Waals surface area (Å²) < 4.78 is 0. The lowest BCUT2D eigenvalue weighted by Gasteiger charge is -2.28. The van der Waals surface area contributed by atoms with Crippen molar-refractivity contribution in [2.75, 3.05) is 31.1 Å². The number of benzene rings is 1. The molecule has 1 saturated carbocycles. The summed E-state index contributed by atoms with van der Waals surface area (Å²) in [7, 11) is 0. The molecule has 1 atom stereocenters. The maximum Gasteiger partial charge on any atom is 0.315 e. The lowest BCUT2D eigenvalue weighted by molar-refractivity contribution is 0.162. The predicted octanol–water partition coefficient (Wildman–Crippen LogP) is 2.12. The Morgan fingerprint density at radius 2 is 2.00 bits per heavy atom. The highest BCUT2D eigenvalue weighted by molar-refractivity contribution is 5.74. The third-order valence-corrected chi connectivity index (χ3v) is 5.20. The Balaban J connectivity index is 1.43. The number of aliphatic hydroxyl groups is 1. The van der Waals surface area contributed by atoms with Gasteiger partial charge >= 0.3 is 6.03 Å². The first-order valence-corrected chi connectivity index (χ1v) is 8.68. The minimum Gasteiger partial charge on any atom is -0.394 e. The molecule has 23 heavy (non-hydrogen) atoms. The molecule has 5 heteroatoms. The van der Waals surface area contributed by atoms with Crippen LogP contribution in [0.3, 0.4) is 0 Å². The summed E-state index contributed by atoms with van der Waals surface area (Å²) in [6, 6.07) is 10.3. The van der Waals surface area contributed by atoms with Crippen molar-refractivity contribution in [2.45, 2.75) is 37.6 Å². The number of anilines is 1. The van der Waals surface area contributed by atoms with E-state index in [-0.39, 0.29) is 12.6 Å². The SMILES string of the molecule is O=C(NC[C@H]1CCN(c2ccccc2)C1)NC1(CO)CCCC1. The fraction of sp³-hybridized carbons (Fsp3) is 0.611. The standard InChI is InChI=1S/C18H27N3O2/c22-14-18(9-4-5-10-18)20-17(23)19-12-15-8-11-21(13-15)16-6-2-1-3-7-16/h1-3,6-7,15,22H,4-5,8-14H2,(H2,19,20,23)/t15-/m1/s1. The van der Waals surface area contributed by atoms with E-state index >= 15 is 0 Å². The molecule has 2 aliphatic rings. The molecule has 1 aromatic rings. The number of urea groups is 1. The van der Waals surface area contributed by atoms with Gasteiger partial charge in [-0.2, -0.15) is 0 Å². The Hall–Kier alpha value is -1.75. The molecule has 1 aromatic carbocycles. The van der Waals surface area contributed by atoms with E-state index in [0.29, 0.717) is 12.5 Å². The fourth-order valence-corrected chi connectivity index (χ4v) is 3.77. The summed E-state index contributed by atoms with van der Waals surface area (Å²) in [4.78, 5) is 14.5. The average molecular weight is 317 g/mol. The molecule has 2 amide bonds. The number of hydrogen-bond acceptors (Lipinski definition) is 3. The van der Waals surface area contributed by atoms with Crippen molar-refractivity contribution in [3.05, 3.63) is 30.3 Å². The van der Waals surface area contributed by atoms with Crippen molar-refractivity contribution < 1.29 is 9.90 Å². The number of carbonyl (C=O) groups is 1. The van der Waals surface area contributed by atoms with Crippen LogP contribution in [0.25, 0.3) is 0 Å². The molecule has 2 fully saturated rings. The largest absolute Gasteiger partial charge is 0.394 e. The summed E-state index contributed by atoms with van der Waals surface area (Å²) in [5.41, 5.74) is 0.861.